The predicted octanol–water partition coefficient (Wildman–Crippen LogP) is 3.73. The van der Waals surface area contributed by atoms with Gasteiger partial charge >= 0.3 is 5.97 Å². The van der Waals surface area contributed by atoms with E-state index in [-0.39, 0.29) is 15.6 Å². The molecule has 1 N–H and O–H groups in total. The maximum absolute atomic E-state index is 11.4. The van der Waals surface area contributed by atoms with Crippen molar-refractivity contribution in [2.24, 2.45) is 0 Å². The summed E-state index contributed by atoms with van der Waals surface area (Å²) in [7, 11) is 0. The van der Waals surface area contributed by atoms with Crippen LogP contribution in [0.1, 0.15) is 20.7 Å². The van der Waals surface area contributed by atoms with Gasteiger partial charge in [0, 0.05) is 13.4 Å². The lowest BCUT2D eigenvalue weighted by molar-refractivity contribution is 0.0690. The zero-order chi connectivity index (χ0) is 12.5. The second-order valence-electron chi connectivity index (χ2n) is 2.60. The smallest absolute Gasteiger partial charge is 0.337 e. The summed E-state index contributed by atoms with van der Waals surface area (Å²) in [5.74, 6) is -1.87. The lowest BCUT2D eigenvalue weighted by Crippen LogP contribution is -2.13. The number of carboxylic acids is 1. The van der Waals surface area contributed by atoms with Gasteiger partial charge in [0.2, 0.25) is 0 Å². The van der Waals surface area contributed by atoms with Crippen molar-refractivity contribution in [3.05, 3.63) is 30.6 Å². The van der Waals surface area contributed by atoms with Gasteiger partial charge in [-0.2, -0.15) is 4.34 Å². The number of hydrogen-bond acceptors (Lipinski definition) is 2. The normalized spacial score (nSPS) is 10.0. The van der Waals surface area contributed by atoms with Crippen molar-refractivity contribution in [1.82, 2.24) is 4.34 Å². The van der Waals surface area contributed by atoms with Crippen LogP contribution in [0.2, 0.25) is 0 Å². The largest absolute Gasteiger partial charge is 0.478 e. The van der Waals surface area contributed by atoms with E-state index in [4.69, 9.17) is 5.11 Å². The van der Waals surface area contributed by atoms with Crippen LogP contribution in [0.25, 0.3) is 0 Å². The molecule has 0 saturated heterocycles. The number of carbonyl (C=O) groups excluding carboxylic acids is 1. The first-order chi connectivity index (χ1) is 7.40. The van der Waals surface area contributed by atoms with E-state index >= 15 is 0 Å². The molecule has 1 amide bonds. The molecule has 0 fully saturated rings. The highest BCUT2D eigenvalue weighted by Gasteiger charge is 2.23. The van der Waals surface area contributed by atoms with Crippen molar-refractivity contribution in [3.63, 3.8) is 0 Å². The van der Waals surface area contributed by atoms with Gasteiger partial charge in [-0.1, -0.05) is 0 Å². The highest BCUT2D eigenvalue weighted by molar-refractivity contribution is 9.14. The molecule has 85 valence electrons. The minimum atomic E-state index is -1.21. The van der Waals surface area contributed by atoms with Gasteiger partial charge < -0.3 is 5.11 Å². The SMILES string of the molecule is O=C([N]Br)c1cc(Br)c(Br)c(Br)c1C(=O)O. The summed E-state index contributed by atoms with van der Waals surface area (Å²) in [4.78, 5) is 22.5. The molecule has 1 aromatic carbocycles. The fraction of sp³-hybridized carbons (Fsp3) is 0. The molecule has 0 aliphatic heterocycles. The Balaban J connectivity index is 3.60. The molecule has 0 spiro atoms. The number of hydrogen-bond donors (Lipinski definition) is 1. The lowest BCUT2D eigenvalue weighted by Gasteiger charge is -2.08. The van der Waals surface area contributed by atoms with Crippen LogP contribution in [0.5, 0.6) is 0 Å². The summed E-state index contributed by atoms with van der Waals surface area (Å²) in [6.07, 6.45) is 0. The summed E-state index contributed by atoms with van der Waals surface area (Å²) in [5, 5.41) is 9.03. The van der Waals surface area contributed by atoms with Crippen LogP contribution in [0.4, 0.5) is 0 Å². The second-order valence-corrected chi connectivity index (χ2v) is 5.40. The number of rotatable bonds is 2. The number of amides is 1. The van der Waals surface area contributed by atoms with Crippen LogP contribution < -0.4 is 4.34 Å². The van der Waals surface area contributed by atoms with Crippen LogP contribution in [-0.2, 0) is 0 Å². The topological polar surface area (TPSA) is 68.5 Å². The minimum Gasteiger partial charge on any atom is -0.478 e. The molecule has 0 unspecified atom stereocenters. The van der Waals surface area contributed by atoms with Gasteiger partial charge in [-0.25, -0.2) is 4.79 Å². The van der Waals surface area contributed by atoms with E-state index in [1.807, 2.05) is 0 Å². The Labute approximate surface area is 125 Å². The molecular weight excluding hydrogens is 478 g/mol. The Morgan fingerprint density at radius 2 is 1.75 bits per heavy atom. The monoisotopic (exact) mass is 476 g/mol. The molecule has 0 aromatic heterocycles. The van der Waals surface area contributed by atoms with E-state index in [0.717, 1.165) is 0 Å². The van der Waals surface area contributed by atoms with E-state index in [9.17, 15) is 9.59 Å². The van der Waals surface area contributed by atoms with Crippen molar-refractivity contribution < 1.29 is 14.7 Å². The molecule has 16 heavy (non-hydrogen) atoms. The molecule has 0 atom stereocenters. The number of carboxylic acid groups (broad SMARTS) is 1. The molecule has 1 rings (SSSR count). The quantitative estimate of drug-likeness (QED) is 0.657. The van der Waals surface area contributed by atoms with Gasteiger partial charge in [0.15, 0.2) is 0 Å². The van der Waals surface area contributed by atoms with E-state index in [1.165, 1.54) is 6.07 Å². The number of benzene rings is 1. The molecule has 0 saturated carbocycles. The van der Waals surface area contributed by atoms with Crippen LogP contribution in [0, 0.1) is 0 Å². The third kappa shape index (κ3) is 2.66. The maximum Gasteiger partial charge on any atom is 0.337 e. The van der Waals surface area contributed by atoms with Crippen molar-refractivity contribution in [3.8, 4) is 0 Å². The van der Waals surface area contributed by atoms with Crippen LogP contribution in [-0.4, -0.2) is 17.0 Å². The third-order valence-electron chi connectivity index (χ3n) is 1.68. The van der Waals surface area contributed by atoms with Gasteiger partial charge in [-0.15, -0.1) is 0 Å². The van der Waals surface area contributed by atoms with Crippen LogP contribution in [0.15, 0.2) is 19.5 Å². The Bertz CT molecular complexity index is 475. The van der Waals surface area contributed by atoms with Crippen LogP contribution >= 0.6 is 63.9 Å². The van der Waals surface area contributed by atoms with Crippen LogP contribution in [0.3, 0.4) is 0 Å². The minimum absolute atomic E-state index is 0.00803. The maximum atomic E-state index is 11.4. The highest BCUT2D eigenvalue weighted by Crippen LogP contribution is 2.36. The molecule has 8 heteroatoms. The van der Waals surface area contributed by atoms with Gasteiger partial charge in [-0.05, 0) is 53.9 Å². The Kier molecular flexibility index (Phi) is 4.96. The van der Waals surface area contributed by atoms with Gasteiger partial charge in [0.25, 0.3) is 5.91 Å². The van der Waals surface area contributed by atoms with Crippen molar-refractivity contribution >= 4 is 75.8 Å². The molecule has 4 nitrogen and oxygen atoms in total. The average molecular weight is 480 g/mol. The Morgan fingerprint density at radius 3 is 2.19 bits per heavy atom. The standard InChI is InChI=1S/C8H2Br4NO3/c9-3-1-2(7(14)13-12)4(8(15)16)6(11)5(3)10/h1H,(H,15,16). The second kappa shape index (κ2) is 5.61. The number of nitrogens with zero attached hydrogens (tertiary/aromatic N) is 1. The zero-order valence-corrected chi connectivity index (χ0v) is 13.6. The molecule has 0 aliphatic rings. The van der Waals surface area contributed by atoms with Crippen molar-refractivity contribution in [2.45, 2.75) is 0 Å². The summed E-state index contributed by atoms with van der Waals surface area (Å²) < 4.78 is 4.64. The summed E-state index contributed by atoms with van der Waals surface area (Å²) in [6, 6.07) is 1.39. The molecule has 0 aliphatic carbocycles. The van der Waals surface area contributed by atoms with Gasteiger partial charge in [-0.3, -0.25) is 4.79 Å². The molecule has 1 radical (unpaired) electrons. The molecule has 0 bridgehead atoms. The average Bonchev–Trinajstić information content (AvgIpc) is 2.23. The summed E-state index contributed by atoms with van der Waals surface area (Å²) >= 11 is 12.1. The van der Waals surface area contributed by atoms with Gasteiger partial charge in [0.1, 0.15) is 0 Å². The Hall–Kier alpha value is 0.0800. The molecule has 1 aromatic rings. The van der Waals surface area contributed by atoms with Crippen molar-refractivity contribution in [1.29, 1.82) is 0 Å². The number of carbonyl (C=O) groups is 2. The van der Waals surface area contributed by atoms with E-state index in [1.54, 1.807) is 0 Å². The van der Waals surface area contributed by atoms with Gasteiger partial charge in [0.05, 0.1) is 27.3 Å². The zero-order valence-electron chi connectivity index (χ0n) is 7.30. The number of aromatic carboxylic acids is 1. The summed E-state index contributed by atoms with van der Waals surface area (Å²) in [6.45, 7) is 0. The molecule has 0 heterocycles. The third-order valence-corrected chi connectivity index (χ3v) is 5.31. The fourth-order valence-electron chi connectivity index (χ4n) is 1.02. The Morgan fingerprint density at radius 1 is 1.19 bits per heavy atom. The first-order valence-electron chi connectivity index (χ1n) is 3.67. The number of halogens is 4. The fourth-order valence-corrected chi connectivity index (χ4v) is 2.81. The first kappa shape index (κ1) is 14.1. The van der Waals surface area contributed by atoms with E-state index < -0.39 is 11.9 Å². The first-order valence-corrected chi connectivity index (χ1v) is 6.76. The van der Waals surface area contributed by atoms with E-state index in [0.29, 0.717) is 8.95 Å². The summed E-state index contributed by atoms with van der Waals surface area (Å²) in [5.41, 5.74) is -0.144. The van der Waals surface area contributed by atoms with E-state index in [2.05, 4.69) is 68.3 Å². The van der Waals surface area contributed by atoms with Crippen molar-refractivity contribution in [2.75, 3.05) is 0 Å². The molecular formula is C8H2Br4NO3. The highest BCUT2D eigenvalue weighted by atomic mass is 79.9. The lowest BCUT2D eigenvalue weighted by atomic mass is 10.1. The predicted molar refractivity (Wildman–Crippen MR) is 71.9 cm³/mol.